The first kappa shape index (κ1) is 23.1. The van der Waals surface area contributed by atoms with Crippen molar-refractivity contribution in [1.82, 2.24) is 0 Å². The Morgan fingerprint density at radius 3 is 2.10 bits per heavy atom. The van der Waals surface area contributed by atoms with Crippen molar-refractivity contribution in [1.29, 1.82) is 0 Å². The highest BCUT2D eigenvalue weighted by Gasteiger charge is 2.37. The van der Waals surface area contributed by atoms with Gasteiger partial charge in [0.05, 0.1) is 11.5 Å². The Balaban J connectivity index is 2.41. The van der Waals surface area contributed by atoms with Gasteiger partial charge in [0.2, 0.25) is 7.37 Å². The van der Waals surface area contributed by atoms with Gasteiger partial charge in [-0.3, -0.25) is 14.2 Å². The van der Waals surface area contributed by atoms with E-state index in [1.165, 1.54) is 18.2 Å². The molecule has 2 rings (SSSR count). The van der Waals surface area contributed by atoms with Gasteiger partial charge in [-0.2, -0.15) is 0 Å². The number of hydrogen-bond acceptors (Lipinski definition) is 5. The molecule has 0 aliphatic heterocycles. The third kappa shape index (κ3) is 6.17. The van der Waals surface area contributed by atoms with Crippen LogP contribution in [0.15, 0.2) is 54.6 Å². The van der Waals surface area contributed by atoms with Gasteiger partial charge in [0.1, 0.15) is 5.78 Å². The molecule has 5 N–H and O–H groups in total. The number of hydrogen-bond donors (Lipinski definition) is 5. The lowest BCUT2D eigenvalue weighted by molar-refractivity contribution is -0.142. The van der Waals surface area contributed by atoms with E-state index in [4.69, 9.17) is 5.11 Å². The first-order valence-corrected chi connectivity index (χ1v) is 10.9. The maximum atomic E-state index is 13.3. The Morgan fingerprint density at radius 1 is 0.933 bits per heavy atom. The molecule has 0 heterocycles. The van der Waals surface area contributed by atoms with Gasteiger partial charge in [-0.15, -0.1) is 0 Å². The van der Waals surface area contributed by atoms with Gasteiger partial charge >= 0.3 is 17.9 Å². The lowest BCUT2D eigenvalue weighted by Gasteiger charge is -2.28. The van der Waals surface area contributed by atoms with Crippen LogP contribution in [-0.2, 0) is 14.2 Å². The number of aliphatic carboxylic acids is 2. The fraction of sp³-hybridized carbons (Fsp3) is 0.250. The fourth-order valence-corrected chi connectivity index (χ4v) is 5.17. The van der Waals surface area contributed by atoms with Gasteiger partial charge in [-0.05, 0) is 24.1 Å². The van der Waals surface area contributed by atoms with Crippen LogP contribution in [0.1, 0.15) is 34.5 Å². The van der Waals surface area contributed by atoms with Crippen molar-refractivity contribution >= 4 is 31.0 Å². The van der Waals surface area contributed by atoms with Gasteiger partial charge in [-0.25, -0.2) is 4.79 Å². The number of carboxylic acids is 3. The topological polar surface area (TPSA) is 161 Å². The standard InChI is InChI=1S/C20H22NO8P/c22-17(23)11-10-14(19(24)25)12-30(28,29)18(13-6-2-1-3-7-13)21-16-9-5-4-8-15(16)20(26)27/h1-9,14,18,21H,10-12H2,(H,22,23)(H,24,25)(H,26,27)(H,28,29). The summed E-state index contributed by atoms with van der Waals surface area (Å²) >= 11 is 0. The van der Waals surface area contributed by atoms with Crippen LogP contribution in [0, 0.1) is 5.92 Å². The first-order valence-electron chi connectivity index (χ1n) is 9.01. The van der Waals surface area contributed by atoms with Gasteiger partial charge in [-0.1, -0.05) is 42.5 Å². The van der Waals surface area contributed by atoms with E-state index >= 15 is 0 Å². The summed E-state index contributed by atoms with van der Waals surface area (Å²) in [7, 11) is -4.29. The van der Waals surface area contributed by atoms with E-state index in [9.17, 15) is 34.1 Å². The summed E-state index contributed by atoms with van der Waals surface area (Å²) in [6.45, 7) is 0. The van der Waals surface area contributed by atoms with Crippen molar-refractivity contribution in [2.75, 3.05) is 11.5 Å². The number of para-hydroxylation sites is 1. The van der Waals surface area contributed by atoms with Crippen LogP contribution in [0.2, 0.25) is 0 Å². The molecule has 0 saturated carbocycles. The molecular weight excluding hydrogens is 413 g/mol. The van der Waals surface area contributed by atoms with E-state index in [0.717, 1.165) is 0 Å². The number of anilines is 1. The average Bonchev–Trinajstić information content (AvgIpc) is 2.69. The van der Waals surface area contributed by atoms with E-state index < -0.39 is 49.6 Å². The summed E-state index contributed by atoms with van der Waals surface area (Å²) in [4.78, 5) is 44.7. The highest BCUT2D eigenvalue weighted by molar-refractivity contribution is 7.58. The monoisotopic (exact) mass is 435 g/mol. The number of carboxylic acid groups (broad SMARTS) is 3. The summed E-state index contributed by atoms with van der Waals surface area (Å²) in [5.74, 6) is -6.45. The molecule has 0 radical (unpaired) electrons. The summed E-state index contributed by atoms with van der Waals surface area (Å²) in [6.07, 6.45) is -1.43. The molecule has 0 bridgehead atoms. The zero-order valence-corrected chi connectivity index (χ0v) is 16.7. The molecule has 9 nitrogen and oxygen atoms in total. The number of aromatic carboxylic acids is 1. The molecule has 0 aliphatic rings. The van der Waals surface area contributed by atoms with E-state index in [-0.39, 0.29) is 17.7 Å². The normalized spacial score (nSPS) is 14.8. The SMILES string of the molecule is O=C(O)CCC(CP(=O)(O)C(Nc1ccccc1C(=O)O)c1ccccc1)C(=O)O. The number of benzene rings is 2. The molecule has 0 aliphatic carbocycles. The third-order valence-corrected chi connectivity index (χ3v) is 6.70. The summed E-state index contributed by atoms with van der Waals surface area (Å²) in [6, 6.07) is 13.9. The number of carbonyl (C=O) groups is 3. The minimum atomic E-state index is -4.29. The number of nitrogens with one attached hydrogen (secondary N) is 1. The summed E-state index contributed by atoms with van der Waals surface area (Å²) in [5, 5.41) is 30.4. The van der Waals surface area contributed by atoms with E-state index in [1.54, 1.807) is 36.4 Å². The molecule has 0 fully saturated rings. The fourth-order valence-electron chi connectivity index (χ4n) is 3.01. The summed E-state index contributed by atoms with van der Waals surface area (Å²) < 4.78 is 13.3. The molecule has 30 heavy (non-hydrogen) atoms. The zero-order valence-electron chi connectivity index (χ0n) is 15.8. The van der Waals surface area contributed by atoms with Crippen LogP contribution in [-0.4, -0.2) is 44.3 Å². The Labute approximate surface area is 172 Å². The average molecular weight is 435 g/mol. The molecule has 0 amide bonds. The molecule has 3 atom stereocenters. The zero-order chi connectivity index (χ0) is 22.3. The van der Waals surface area contributed by atoms with Crippen molar-refractivity contribution in [2.24, 2.45) is 5.92 Å². The van der Waals surface area contributed by atoms with Gasteiger partial charge in [0.25, 0.3) is 0 Å². The van der Waals surface area contributed by atoms with Crippen LogP contribution in [0.4, 0.5) is 5.69 Å². The van der Waals surface area contributed by atoms with Crippen LogP contribution < -0.4 is 5.32 Å². The Kier molecular flexibility index (Phi) is 7.74. The van der Waals surface area contributed by atoms with E-state index in [1.807, 2.05) is 0 Å². The Hall–Kier alpha value is -3.16. The third-order valence-electron chi connectivity index (χ3n) is 4.51. The highest BCUT2D eigenvalue weighted by atomic mass is 31.2. The van der Waals surface area contributed by atoms with Crippen molar-refractivity contribution in [3.63, 3.8) is 0 Å². The van der Waals surface area contributed by atoms with Crippen LogP contribution >= 0.6 is 7.37 Å². The summed E-state index contributed by atoms with van der Waals surface area (Å²) in [5.41, 5.74) is 0.357. The van der Waals surface area contributed by atoms with Crippen molar-refractivity contribution < 1.29 is 39.2 Å². The van der Waals surface area contributed by atoms with E-state index in [2.05, 4.69) is 5.32 Å². The van der Waals surface area contributed by atoms with Gasteiger partial charge in [0.15, 0.2) is 0 Å². The number of rotatable bonds is 11. The largest absolute Gasteiger partial charge is 0.481 e. The highest BCUT2D eigenvalue weighted by Crippen LogP contribution is 2.57. The second-order valence-electron chi connectivity index (χ2n) is 6.71. The predicted molar refractivity (Wildman–Crippen MR) is 109 cm³/mol. The van der Waals surface area contributed by atoms with Crippen molar-refractivity contribution in [3.8, 4) is 0 Å². The van der Waals surface area contributed by atoms with E-state index in [0.29, 0.717) is 5.56 Å². The first-order chi connectivity index (χ1) is 14.1. The minimum Gasteiger partial charge on any atom is -0.481 e. The molecule has 2 aromatic carbocycles. The molecule has 0 spiro atoms. The lowest BCUT2D eigenvalue weighted by atomic mass is 10.1. The molecule has 2 aromatic rings. The van der Waals surface area contributed by atoms with Gasteiger partial charge < -0.3 is 25.5 Å². The van der Waals surface area contributed by atoms with Crippen molar-refractivity contribution in [3.05, 3.63) is 65.7 Å². The second kappa shape index (κ2) is 10.0. The molecule has 0 saturated heterocycles. The van der Waals surface area contributed by atoms with Gasteiger partial charge in [0, 0.05) is 18.3 Å². The maximum Gasteiger partial charge on any atom is 0.337 e. The predicted octanol–water partition coefficient (Wildman–Crippen LogP) is 3.33. The maximum absolute atomic E-state index is 13.3. The molecule has 0 aromatic heterocycles. The van der Waals surface area contributed by atoms with Crippen LogP contribution in [0.25, 0.3) is 0 Å². The van der Waals surface area contributed by atoms with Crippen molar-refractivity contribution in [2.45, 2.75) is 18.6 Å². The Morgan fingerprint density at radius 2 is 1.53 bits per heavy atom. The molecule has 3 unspecified atom stereocenters. The Bertz CT molecular complexity index is 962. The molecular formula is C20H22NO8P. The quantitative estimate of drug-likeness (QED) is 0.333. The molecule has 160 valence electrons. The second-order valence-corrected chi connectivity index (χ2v) is 9.11. The lowest BCUT2D eigenvalue weighted by Crippen LogP contribution is -2.23. The van der Waals surface area contributed by atoms with Crippen LogP contribution in [0.3, 0.4) is 0 Å². The minimum absolute atomic E-state index is 0.102. The van der Waals surface area contributed by atoms with Crippen LogP contribution in [0.5, 0.6) is 0 Å². The molecule has 10 heteroatoms. The smallest absolute Gasteiger partial charge is 0.337 e.